The number of methoxy groups -OCH3 is 1. The zero-order valence-electron chi connectivity index (χ0n) is 21.0. The van der Waals surface area contributed by atoms with E-state index in [1.807, 2.05) is 66.2 Å². The Morgan fingerprint density at radius 2 is 1.89 bits per heavy atom. The molecule has 0 saturated carbocycles. The van der Waals surface area contributed by atoms with Crippen LogP contribution in [-0.2, 0) is 11.3 Å². The van der Waals surface area contributed by atoms with Crippen molar-refractivity contribution in [2.45, 2.75) is 45.9 Å². The van der Waals surface area contributed by atoms with E-state index in [2.05, 4.69) is 24.7 Å². The van der Waals surface area contributed by atoms with E-state index in [0.29, 0.717) is 30.5 Å². The van der Waals surface area contributed by atoms with Gasteiger partial charge in [0.15, 0.2) is 0 Å². The van der Waals surface area contributed by atoms with E-state index < -0.39 is 6.10 Å². The molecule has 0 aliphatic rings. The third-order valence-corrected chi connectivity index (χ3v) is 5.91. The first-order valence-electron chi connectivity index (χ1n) is 11.9. The molecule has 0 bridgehead atoms. The van der Waals surface area contributed by atoms with E-state index in [0.717, 1.165) is 23.4 Å². The summed E-state index contributed by atoms with van der Waals surface area (Å²) in [6.07, 6.45) is 5.52. The number of terminal acetylenes is 1. The van der Waals surface area contributed by atoms with Crippen LogP contribution in [0.3, 0.4) is 0 Å². The van der Waals surface area contributed by atoms with Gasteiger partial charge in [-0.05, 0) is 44.5 Å². The first-order chi connectivity index (χ1) is 17.0. The number of para-hydroxylation sites is 1. The Balaban J connectivity index is 1.97. The first kappa shape index (κ1) is 26.3. The third-order valence-electron chi connectivity index (χ3n) is 5.91. The van der Waals surface area contributed by atoms with E-state index in [9.17, 15) is 5.11 Å². The minimum Gasteiger partial charge on any atom is -0.497 e. The van der Waals surface area contributed by atoms with Gasteiger partial charge in [0.1, 0.15) is 18.1 Å². The fourth-order valence-corrected chi connectivity index (χ4v) is 3.78. The van der Waals surface area contributed by atoms with Gasteiger partial charge < -0.3 is 19.3 Å². The number of ether oxygens (including phenoxy) is 3. The molecule has 0 amide bonds. The number of nitrogens with zero attached hydrogens (tertiary/aromatic N) is 3. The fraction of sp³-hybridized carbons (Fsp3) is 0.393. The van der Waals surface area contributed by atoms with Crippen LogP contribution >= 0.6 is 0 Å². The van der Waals surface area contributed by atoms with Gasteiger partial charge >= 0.3 is 0 Å². The van der Waals surface area contributed by atoms with E-state index in [1.165, 1.54) is 0 Å². The van der Waals surface area contributed by atoms with Gasteiger partial charge in [-0.1, -0.05) is 37.1 Å². The van der Waals surface area contributed by atoms with Crippen molar-refractivity contribution in [1.82, 2.24) is 14.7 Å². The molecule has 186 valence electrons. The lowest BCUT2D eigenvalue weighted by molar-refractivity contribution is 0.0168. The van der Waals surface area contributed by atoms with Crippen LogP contribution in [0.1, 0.15) is 31.5 Å². The Labute approximate surface area is 208 Å². The molecule has 1 heterocycles. The molecule has 2 aromatic carbocycles. The summed E-state index contributed by atoms with van der Waals surface area (Å²) in [6.45, 7) is 7.62. The van der Waals surface area contributed by atoms with Crippen LogP contribution in [0.4, 0.5) is 0 Å². The predicted molar refractivity (Wildman–Crippen MR) is 137 cm³/mol. The normalized spacial score (nSPS) is 12.8. The zero-order chi connectivity index (χ0) is 25.2. The van der Waals surface area contributed by atoms with E-state index >= 15 is 0 Å². The van der Waals surface area contributed by atoms with Gasteiger partial charge in [0.2, 0.25) is 5.88 Å². The summed E-state index contributed by atoms with van der Waals surface area (Å²) in [5.41, 5.74) is 2.71. The Morgan fingerprint density at radius 3 is 2.57 bits per heavy atom. The van der Waals surface area contributed by atoms with Gasteiger partial charge in [-0.3, -0.25) is 4.90 Å². The second-order valence-corrected chi connectivity index (χ2v) is 8.46. The van der Waals surface area contributed by atoms with Crippen molar-refractivity contribution in [2.24, 2.45) is 0 Å². The molecule has 0 fully saturated rings. The minimum absolute atomic E-state index is 0.182. The van der Waals surface area contributed by atoms with Crippen LogP contribution in [0.25, 0.3) is 5.69 Å². The summed E-state index contributed by atoms with van der Waals surface area (Å²) in [5.74, 6) is 4.43. The second-order valence-electron chi connectivity index (χ2n) is 8.46. The molecule has 35 heavy (non-hydrogen) atoms. The third kappa shape index (κ3) is 7.09. The molecule has 0 unspecified atom stereocenters. The summed E-state index contributed by atoms with van der Waals surface area (Å²) < 4.78 is 19.0. The molecule has 0 spiro atoms. The van der Waals surface area contributed by atoms with Crippen molar-refractivity contribution < 1.29 is 19.3 Å². The van der Waals surface area contributed by atoms with Gasteiger partial charge in [0.05, 0.1) is 36.8 Å². The standard InChI is InChI=1S/C28H35N3O4/c1-6-16-34-20-24(32)18-30(21(3)7-2)19-27-22(4)29-31(23-12-9-8-10-13-23)28(27)35-26-15-11-14-25(17-26)33-5/h1,8-15,17,21,24,32H,7,16,18-20H2,2-5H3/t21-,24+/m1/s1. The molecule has 0 radical (unpaired) electrons. The quantitative estimate of drug-likeness (QED) is 0.287. The van der Waals surface area contributed by atoms with Crippen molar-refractivity contribution in [3.8, 4) is 35.4 Å². The van der Waals surface area contributed by atoms with Gasteiger partial charge in [0.25, 0.3) is 0 Å². The Hall–Kier alpha value is -3.31. The summed E-state index contributed by atoms with van der Waals surface area (Å²) in [4.78, 5) is 2.22. The zero-order valence-corrected chi connectivity index (χ0v) is 21.0. The first-order valence-corrected chi connectivity index (χ1v) is 11.9. The largest absolute Gasteiger partial charge is 0.497 e. The molecule has 0 aliphatic carbocycles. The van der Waals surface area contributed by atoms with Gasteiger partial charge in [0, 0.05) is 25.2 Å². The molecule has 1 aromatic heterocycles. The molecule has 7 heteroatoms. The topological polar surface area (TPSA) is 69.0 Å². The number of rotatable bonds is 13. The van der Waals surface area contributed by atoms with E-state index in [4.69, 9.17) is 25.7 Å². The Bertz CT molecular complexity index is 1110. The molecule has 3 rings (SSSR count). The highest BCUT2D eigenvalue weighted by atomic mass is 16.5. The second kappa shape index (κ2) is 13.0. The highest BCUT2D eigenvalue weighted by molar-refractivity contribution is 5.44. The maximum absolute atomic E-state index is 10.6. The molecular formula is C28H35N3O4. The number of aliphatic hydroxyl groups excluding tert-OH is 1. The maximum atomic E-state index is 10.6. The number of benzene rings is 2. The number of aryl methyl sites for hydroxylation is 1. The lowest BCUT2D eigenvalue weighted by atomic mass is 10.1. The Kier molecular flexibility index (Phi) is 9.74. The van der Waals surface area contributed by atoms with E-state index in [-0.39, 0.29) is 19.3 Å². The lowest BCUT2D eigenvalue weighted by Crippen LogP contribution is -2.40. The van der Waals surface area contributed by atoms with E-state index in [1.54, 1.807) is 7.11 Å². The molecule has 0 saturated heterocycles. The van der Waals surface area contributed by atoms with Crippen LogP contribution in [0.2, 0.25) is 0 Å². The van der Waals surface area contributed by atoms with Crippen LogP contribution in [0.15, 0.2) is 54.6 Å². The van der Waals surface area contributed by atoms with Crippen molar-refractivity contribution in [1.29, 1.82) is 0 Å². The van der Waals surface area contributed by atoms with Crippen molar-refractivity contribution >= 4 is 0 Å². The number of aromatic nitrogens is 2. The van der Waals surface area contributed by atoms with Gasteiger partial charge in [-0.15, -0.1) is 6.42 Å². The van der Waals surface area contributed by atoms with Crippen molar-refractivity contribution in [3.63, 3.8) is 0 Å². The summed E-state index contributed by atoms with van der Waals surface area (Å²) in [7, 11) is 1.63. The van der Waals surface area contributed by atoms with Crippen LogP contribution in [0.5, 0.6) is 17.4 Å². The van der Waals surface area contributed by atoms with Gasteiger partial charge in [-0.2, -0.15) is 5.10 Å². The molecule has 7 nitrogen and oxygen atoms in total. The average Bonchev–Trinajstić information content (AvgIpc) is 3.18. The molecule has 3 aromatic rings. The summed E-state index contributed by atoms with van der Waals surface area (Å²) in [5, 5.41) is 15.4. The predicted octanol–water partition coefficient (Wildman–Crippen LogP) is 4.59. The van der Waals surface area contributed by atoms with Crippen LogP contribution in [0, 0.1) is 19.3 Å². The molecule has 1 N–H and O–H groups in total. The number of hydrogen-bond acceptors (Lipinski definition) is 6. The number of aliphatic hydroxyl groups is 1. The average molecular weight is 478 g/mol. The molecule has 0 aliphatic heterocycles. The minimum atomic E-state index is -0.662. The lowest BCUT2D eigenvalue weighted by Gasteiger charge is -2.30. The SMILES string of the molecule is C#CCOC[C@@H](O)CN(Cc1c(C)nn(-c2ccccc2)c1Oc1cccc(OC)c1)[C@H](C)CC. The fourth-order valence-electron chi connectivity index (χ4n) is 3.78. The van der Waals surface area contributed by atoms with Gasteiger partial charge in [-0.25, -0.2) is 4.68 Å². The Morgan fingerprint density at radius 1 is 1.14 bits per heavy atom. The van der Waals surface area contributed by atoms with Crippen LogP contribution in [-0.4, -0.2) is 58.8 Å². The van der Waals surface area contributed by atoms with Crippen molar-refractivity contribution in [2.75, 3.05) is 26.9 Å². The summed E-state index contributed by atoms with van der Waals surface area (Å²) in [6, 6.07) is 17.6. The highest BCUT2D eigenvalue weighted by Gasteiger charge is 2.24. The number of hydrogen-bond donors (Lipinski definition) is 1. The summed E-state index contributed by atoms with van der Waals surface area (Å²) >= 11 is 0. The maximum Gasteiger partial charge on any atom is 0.227 e. The highest BCUT2D eigenvalue weighted by Crippen LogP contribution is 2.33. The van der Waals surface area contributed by atoms with Crippen LogP contribution < -0.4 is 9.47 Å². The monoisotopic (exact) mass is 477 g/mol. The molecular weight excluding hydrogens is 442 g/mol. The van der Waals surface area contributed by atoms with Crippen molar-refractivity contribution in [3.05, 3.63) is 65.9 Å². The molecule has 2 atom stereocenters. The smallest absolute Gasteiger partial charge is 0.227 e.